The van der Waals surface area contributed by atoms with E-state index in [4.69, 9.17) is 17.0 Å². The maximum atomic E-state index is 5.62. The SMILES string of the molecule is CC1C=[C-]c2cc3ccccc3cc21.CC1C=[C-]c2cc3ccccc3cc21.C[Si](C)=[Zr]([Cl])[Cl]. The maximum absolute atomic E-state index is 5.62. The van der Waals surface area contributed by atoms with E-state index in [1.165, 1.54) is 43.8 Å². The van der Waals surface area contributed by atoms with Crippen LogP contribution in [-0.2, 0) is 18.0 Å². The minimum atomic E-state index is -1.65. The standard InChI is InChI=1S/2C14H11.C2H6Si.2ClH.Zr/c2*1-10-6-7-13-8-11-4-2-3-5-12(11)9-14(10)13;1-3-2;;;/h2*2-6,8-10H,1H3;1-2H3;2*1H;/q2*-1;;;;+2/p-2. The van der Waals surface area contributed by atoms with E-state index in [1.807, 2.05) is 0 Å². The van der Waals surface area contributed by atoms with Crippen LogP contribution in [0.3, 0.4) is 0 Å². The molecule has 4 heteroatoms. The van der Waals surface area contributed by atoms with Gasteiger partial charge in [-0.15, -0.1) is 35.4 Å². The van der Waals surface area contributed by atoms with Gasteiger partial charge in [-0.2, -0.15) is 35.4 Å². The fourth-order valence-corrected chi connectivity index (χ4v) is 4.13. The molecule has 0 N–H and O–H groups in total. The molecule has 0 heterocycles. The summed E-state index contributed by atoms with van der Waals surface area (Å²) < 4.78 is 0. The van der Waals surface area contributed by atoms with Crippen LogP contribution in [0.5, 0.6) is 0 Å². The summed E-state index contributed by atoms with van der Waals surface area (Å²) >= 11 is -1.65. The van der Waals surface area contributed by atoms with Gasteiger partial charge >= 0.3 is 53.5 Å². The van der Waals surface area contributed by atoms with Crippen LogP contribution in [0.1, 0.15) is 47.9 Å². The van der Waals surface area contributed by atoms with Crippen LogP contribution in [-0.4, -0.2) is 5.43 Å². The van der Waals surface area contributed by atoms with Crippen molar-refractivity contribution in [1.29, 1.82) is 0 Å². The van der Waals surface area contributed by atoms with Crippen molar-refractivity contribution in [2.24, 2.45) is 0 Å². The molecule has 0 spiro atoms. The fourth-order valence-electron chi connectivity index (χ4n) is 4.13. The number of halogens is 2. The molecule has 0 saturated carbocycles. The van der Waals surface area contributed by atoms with Gasteiger partial charge in [-0.1, -0.05) is 85.0 Å². The van der Waals surface area contributed by atoms with Crippen molar-refractivity contribution in [2.75, 3.05) is 0 Å². The summed E-state index contributed by atoms with van der Waals surface area (Å²) in [7, 11) is 11.2. The Hall–Kier alpha value is -1.44. The van der Waals surface area contributed by atoms with Gasteiger partial charge in [0.1, 0.15) is 0 Å². The molecular weight excluding hydrogens is 551 g/mol. The number of hydrogen-bond donors (Lipinski definition) is 0. The molecule has 0 aromatic heterocycles. The summed E-state index contributed by atoms with van der Waals surface area (Å²) in [5.74, 6) is 1.05. The summed E-state index contributed by atoms with van der Waals surface area (Å²) in [6, 6.07) is 26.0. The molecule has 0 nitrogen and oxygen atoms in total. The van der Waals surface area contributed by atoms with Crippen LogP contribution in [0.25, 0.3) is 21.5 Å². The van der Waals surface area contributed by atoms with Crippen LogP contribution in [0, 0.1) is 12.2 Å². The number of hydrogen-bond acceptors (Lipinski definition) is 0. The van der Waals surface area contributed by atoms with E-state index >= 15 is 0 Å². The van der Waals surface area contributed by atoms with E-state index in [1.54, 1.807) is 0 Å². The second kappa shape index (κ2) is 11.5. The summed E-state index contributed by atoms with van der Waals surface area (Å²) in [6.45, 7) is 8.76. The van der Waals surface area contributed by atoms with E-state index in [0.717, 1.165) is 0 Å². The second-order valence-corrected chi connectivity index (χ2v) is 32.0. The Morgan fingerprint density at radius 2 is 0.971 bits per heavy atom. The van der Waals surface area contributed by atoms with E-state index < -0.39 is 18.0 Å². The molecule has 2 unspecified atom stereocenters. The first kappa shape index (κ1) is 25.6. The predicted molar refractivity (Wildman–Crippen MR) is 148 cm³/mol. The van der Waals surface area contributed by atoms with Gasteiger partial charge in [-0.05, 0) is 10.8 Å². The van der Waals surface area contributed by atoms with E-state index in [0.29, 0.717) is 11.8 Å². The van der Waals surface area contributed by atoms with Gasteiger partial charge in [0, 0.05) is 0 Å². The van der Waals surface area contributed by atoms with Crippen molar-refractivity contribution in [3.8, 4) is 0 Å². The third-order valence-corrected chi connectivity index (χ3v) is 25.9. The van der Waals surface area contributed by atoms with Crippen molar-refractivity contribution in [2.45, 2.75) is 38.8 Å². The van der Waals surface area contributed by atoms with Crippen LogP contribution >= 0.6 is 17.0 Å². The third kappa shape index (κ3) is 6.03. The van der Waals surface area contributed by atoms with Gasteiger partial charge in [-0.3, -0.25) is 0 Å². The number of fused-ring (bicyclic) bond motifs is 4. The molecule has 4 aromatic carbocycles. The molecule has 0 aliphatic heterocycles. The first-order valence-electron chi connectivity index (χ1n) is 11.6. The molecule has 2 aliphatic carbocycles. The molecule has 172 valence electrons. The summed E-state index contributed by atoms with van der Waals surface area (Å²) in [4.78, 5) is 0. The van der Waals surface area contributed by atoms with Gasteiger partial charge in [-0.25, -0.2) is 0 Å². The molecule has 0 fully saturated rings. The van der Waals surface area contributed by atoms with Crippen LogP contribution in [0.15, 0.2) is 84.9 Å². The molecule has 6 rings (SSSR count). The molecule has 2 atom stereocenters. The monoisotopic (exact) mass is 576 g/mol. The molecule has 0 amide bonds. The Balaban J connectivity index is 0.000000132. The average molecular weight is 579 g/mol. The van der Waals surface area contributed by atoms with Gasteiger partial charge < -0.3 is 0 Å². The third-order valence-electron chi connectivity index (χ3n) is 6.17. The van der Waals surface area contributed by atoms with Gasteiger partial charge in [0.05, 0.1) is 0 Å². The molecule has 0 radical (unpaired) electrons. The molecular formula is C30H28Cl2SiZr-2. The number of rotatable bonds is 0. The predicted octanol–water partition coefficient (Wildman–Crippen LogP) is 9.49. The van der Waals surface area contributed by atoms with Crippen LogP contribution in [0.2, 0.25) is 13.1 Å². The van der Waals surface area contributed by atoms with Crippen molar-refractivity contribution < 1.29 is 18.0 Å². The Bertz CT molecular complexity index is 1320. The molecule has 34 heavy (non-hydrogen) atoms. The second-order valence-electron chi connectivity index (χ2n) is 9.03. The van der Waals surface area contributed by atoms with Gasteiger partial charge in [0.25, 0.3) is 0 Å². The van der Waals surface area contributed by atoms with Crippen molar-refractivity contribution in [3.63, 3.8) is 0 Å². The zero-order chi connectivity index (χ0) is 24.2. The topological polar surface area (TPSA) is 0 Å². The molecule has 2 aliphatic rings. The fraction of sp³-hybridized carbons (Fsp3) is 0.200. The summed E-state index contributed by atoms with van der Waals surface area (Å²) in [5.41, 5.74) is 5.11. The van der Waals surface area contributed by atoms with Gasteiger partial charge in [0.15, 0.2) is 0 Å². The molecule has 4 aromatic rings. The zero-order valence-electron chi connectivity index (χ0n) is 20.0. The summed E-state index contributed by atoms with van der Waals surface area (Å²) in [6.07, 6.45) is 10.9. The Kier molecular flexibility index (Phi) is 8.70. The number of benzene rings is 4. The quantitative estimate of drug-likeness (QED) is 0.144. The summed E-state index contributed by atoms with van der Waals surface area (Å²) in [5, 5.41) is 5.27. The molecule has 0 saturated heterocycles. The van der Waals surface area contributed by atoms with Crippen LogP contribution in [0.4, 0.5) is 0 Å². The number of allylic oxidation sites excluding steroid dienone is 2. The van der Waals surface area contributed by atoms with Crippen molar-refractivity contribution in [3.05, 3.63) is 119 Å². The minimum absolute atomic E-state index is 0.224. The van der Waals surface area contributed by atoms with E-state index in [-0.39, 0.29) is 5.43 Å². The Morgan fingerprint density at radius 3 is 1.29 bits per heavy atom. The zero-order valence-corrected chi connectivity index (χ0v) is 25.0. The van der Waals surface area contributed by atoms with Crippen molar-refractivity contribution >= 4 is 44.0 Å². The van der Waals surface area contributed by atoms with Crippen molar-refractivity contribution in [1.82, 2.24) is 0 Å². The van der Waals surface area contributed by atoms with E-state index in [2.05, 4.69) is 124 Å². The van der Waals surface area contributed by atoms with Gasteiger partial charge in [0.2, 0.25) is 0 Å². The Morgan fingerprint density at radius 1 is 0.647 bits per heavy atom. The normalized spacial score (nSPS) is 16.9. The van der Waals surface area contributed by atoms with E-state index in [9.17, 15) is 0 Å². The average Bonchev–Trinajstić information content (AvgIpc) is 3.38. The first-order valence-corrected chi connectivity index (χ1v) is 24.1. The molecule has 0 bridgehead atoms. The Labute approximate surface area is 218 Å². The first-order chi connectivity index (χ1) is 16.3. The van der Waals surface area contributed by atoms with Crippen LogP contribution < -0.4 is 0 Å².